The van der Waals surface area contributed by atoms with E-state index in [4.69, 9.17) is 0 Å². The van der Waals surface area contributed by atoms with Gasteiger partial charge in [0.2, 0.25) is 0 Å². The summed E-state index contributed by atoms with van der Waals surface area (Å²) in [5.74, 6) is -1.35. The van der Waals surface area contributed by atoms with E-state index in [9.17, 15) is 9.46 Å². The van der Waals surface area contributed by atoms with Crippen LogP contribution in [0.2, 0.25) is 0 Å². The minimum absolute atomic E-state index is 0.846. The van der Waals surface area contributed by atoms with Gasteiger partial charge in [-0.15, -0.1) is 0 Å². The summed E-state index contributed by atoms with van der Waals surface area (Å²) in [4.78, 5) is 10.3. The lowest BCUT2D eigenvalue weighted by molar-refractivity contribution is 0.514. The van der Waals surface area contributed by atoms with Gasteiger partial charge in [-0.05, 0) is 12.8 Å². The van der Waals surface area contributed by atoms with E-state index in [1.165, 1.54) is 228 Å². The second kappa shape index (κ2) is 37.3. The lowest BCUT2D eigenvalue weighted by Crippen LogP contribution is -1.86. The van der Waals surface area contributed by atoms with E-state index >= 15 is 0 Å². The summed E-state index contributed by atoms with van der Waals surface area (Å²) in [6, 6.07) is 0. The minimum Gasteiger partial charge on any atom is -0.329 e. The normalized spacial score (nSPS) is 12.0. The van der Waals surface area contributed by atoms with Gasteiger partial charge in [-0.3, -0.25) is 4.57 Å². The van der Waals surface area contributed by atoms with Crippen LogP contribution in [0.15, 0.2) is 0 Å². The van der Waals surface area contributed by atoms with Gasteiger partial charge in [0, 0.05) is 11.5 Å². The maximum Gasteiger partial charge on any atom is 0.310 e. The SMILES string of the molecule is CCCCCCCCCCCCCCCCCCCSP(=O)(O)SCCCCCCCCCCCCCCCCCCC. The van der Waals surface area contributed by atoms with Gasteiger partial charge in [-0.25, -0.2) is 0 Å². The van der Waals surface area contributed by atoms with E-state index in [-0.39, 0.29) is 0 Å². The Bertz CT molecular complexity index is 516. The largest absolute Gasteiger partial charge is 0.329 e. The fourth-order valence-corrected chi connectivity index (χ4v) is 11.6. The van der Waals surface area contributed by atoms with Gasteiger partial charge in [0.25, 0.3) is 0 Å². The molecular formula is C38H79O2PS2. The number of rotatable bonds is 38. The lowest BCUT2D eigenvalue weighted by atomic mass is 10.0. The fourth-order valence-electron chi connectivity index (χ4n) is 6.05. The van der Waals surface area contributed by atoms with Gasteiger partial charge >= 0.3 is 5.77 Å². The Hall–Kier alpha value is 0.890. The molecular weight excluding hydrogens is 584 g/mol. The zero-order valence-electron chi connectivity index (χ0n) is 29.6. The van der Waals surface area contributed by atoms with Crippen LogP contribution in [0.3, 0.4) is 0 Å². The average molecular weight is 663 g/mol. The van der Waals surface area contributed by atoms with Crippen LogP contribution in [0, 0.1) is 0 Å². The van der Waals surface area contributed by atoms with Crippen molar-refractivity contribution < 1.29 is 9.46 Å². The highest BCUT2D eigenvalue weighted by atomic mass is 33.1. The van der Waals surface area contributed by atoms with Gasteiger partial charge in [0.1, 0.15) is 0 Å². The third-order valence-electron chi connectivity index (χ3n) is 9.00. The molecule has 0 aromatic carbocycles. The van der Waals surface area contributed by atoms with Crippen LogP contribution in [0.4, 0.5) is 0 Å². The van der Waals surface area contributed by atoms with Crippen LogP contribution in [-0.2, 0) is 4.57 Å². The van der Waals surface area contributed by atoms with E-state index in [1.807, 2.05) is 0 Å². The Morgan fingerprint density at radius 1 is 0.326 bits per heavy atom. The highest BCUT2D eigenvalue weighted by Crippen LogP contribution is 2.65. The van der Waals surface area contributed by atoms with Gasteiger partial charge in [0.05, 0.1) is 0 Å². The zero-order chi connectivity index (χ0) is 31.4. The summed E-state index contributed by atoms with van der Waals surface area (Å²) in [6.45, 7) is 4.58. The third-order valence-corrected chi connectivity index (χ3v) is 15.6. The Morgan fingerprint density at radius 3 is 0.674 bits per heavy atom. The van der Waals surface area contributed by atoms with Gasteiger partial charge in [-0.1, -0.05) is 242 Å². The van der Waals surface area contributed by atoms with E-state index < -0.39 is 5.77 Å². The molecule has 43 heavy (non-hydrogen) atoms. The monoisotopic (exact) mass is 663 g/mol. The second-order valence-corrected chi connectivity index (χ2v) is 20.9. The maximum absolute atomic E-state index is 12.4. The van der Waals surface area contributed by atoms with Crippen LogP contribution in [0.1, 0.15) is 232 Å². The Labute approximate surface area is 280 Å². The van der Waals surface area contributed by atoms with E-state index in [0.717, 1.165) is 24.3 Å². The quantitative estimate of drug-likeness (QED) is 0.0527. The van der Waals surface area contributed by atoms with Gasteiger partial charge < -0.3 is 4.89 Å². The molecule has 0 spiro atoms. The molecule has 0 amide bonds. The van der Waals surface area contributed by atoms with Crippen molar-refractivity contribution >= 4 is 28.5 Å². The molecule has 0 atom stereocenters. The van der Waals surface area contributed by atoms with Crippen molar-refractivity contribution in [2.45, 2.75) is 232 Å². The van der Waals surface area contributed by atoms with Crippen molar-refractivity contribution in [3.63, 3.8) is 0 Å². The molecule has 0 aliphatic rings. The van der Waals surface area contributed by atoms with E-state index in [0.29, 0.717) is 0 Å². The van der Waals surface area contributed by atoms with Gasteiger partial charge in [0.15, 0.2) is 0 Å². The molecule has 5 heteroatoms. The Morgan fingerprint density at radius 2 is 0.488 bits per heavy atom. The molecule has 260 valence electrons. The standard InChI is InChI=1S/C38H79O2PS2/c1-3-5-7-9-11-13-15-17-19-21-23-25-27-29-31-33-35-37-42-41(39,40)43-38-36-34-32-30-28-26-24-22-20-18-16-14-12-10-8-6-4-2/h3-38H2,1-2H3,(H,39,40). The van der Waals surface area contributed by atoms with Crippen LogP contribution in [0.5, 0.6) is 0 Å². The highest BCUT2D eigenvalue weighted by molar-refractivity contribution is 8.88. The first-order valence-corrected chi connectivity index (χ1v) is 24.6. The molecule has 0 bridgehead atoms. The fraction of sp³-hybridized carbons (Fsp3) is 1.00. The summed E-state index contributed by atoms with van der Waals surface area (Å²) in [5.41, 5.74) is 0. The Kier molecular flexibility index (Phi) is 38.1. The molecule has 0 fully saturated rings. The summed E-state index contributed by atoms with van der Waals surface area (Å²) in [6.07, 6.45) is 46.9. The topological polar surface area (TPSA) is 37.3 Å². The minimum atomic E-state index is -3.04. The molecule has 0 aliphatic carbocycles. The number of hydrogen-bond donors (Lipinski definition) is 1. The molecule has 0 rings (SSSR count). The first-order chi connectivity index (χ1) is 21.1. The van der Waals surface area contributed by atoms with Crippen molar-refractivity contribution in [1.29, 1.82) is 0 Å². The predicted octanol–water partition coefficient (Wildman–Crippen LogP) is 15.9. The number of unbranched alkanes of at least 4 members (excludes halogenated alkanes) is 32. The van der Waals surface area contributed by atoms with Crippen molar-refractivity contribution in [1.82, 2.24) is 0 Å². The smallest absolute Gasteiger partial charge is 0.310 e. The lowest BCUT2D eigenvalue weighted by Gasteiger charge is -2.10. The molecule has 0 saturated heterocycles. The summed E-state index contributed by atoms with van der Waals surface area (Å²) < 4.78 is 12.4. The molecule has 0 heterocycles. The van der Waals surface area contributed by atoms with Crippen molar-refractivity contribution in [2.75, 3.05) is 11.5 Å². The van der Waals surface area contributed by atoms with Crippen molar-refractivity contribution in [3.05, 3.63) is 0 Å². The van der Waals surface area contributed by atoms with Crippen molar-refractivity contribution in [2.24, 2.45) is 0 Å². The van der Waals surface area contributed by atoms with Gasteiger partial charge in [-0.2, -0.15) is 0 Å². The molecule has 0 unspecified atom stereocenters. The van der Waals surface area contributed by atoms with Crippen LogP contribution in [-0.4, -0.2) is 16.4 Å². The average Bonchev–Trinajstić information content (AvgIpc) is 3.00. The van der Waals surface area contributed by atoms with Crippen LogP contribution < -0.4 is 0 Å². The van der Waals surface area contributed by atoms with Crippen LogP contribution in [0.25, 0.3) is 0 Å². The molecule has 0 aliphatic heterocycles. The third kappa shape index (κ3) is 39.0. The molecule has 0 aromatic heterocycles. The molecule has 1 N–H and O–H groups in total. The summed E-state index contributed by atoms with van der Waals surface area (Å²) in [7, 11) is 0. The van der Waals surface area contributed by atoms with E-state index in [2.05, 4.69) is 13.8 Å². The molecule has 2 nitrogen and oxygen atoms in total. The maximum atomic E-state index is 12.4. The molecule has 0 aromatic rings. The number of hydrogen-bond acceptors (Lipinski definition) is 3. The highest BCUT2D eigenvalue weighted by Gasteiger charge is 2.18. The Balaban J connectivity index is 3.26. The predicted molar refractivity (Wildman–Crippen MR) is 203 cm³/mol. The molecule has 0 saturated carbocycles. The summed E-state index contributed by atoms with van der Waals surface area (Å²) in [5, 5.41) is 0. The van der Waals surface area contributed by atoms with Crippen LogP contribution >= 0.6 is 28.5 Å². The second-order valence-electron chi connectivity index (χ2n) is 13.4. The van der Waals surface area contributed by atoms with E-state index in [1.54, 1.807) is 0 Å². The zero-order valence-corrected chi connectivity index (χ0v) is 32.1. The first-order valence-electron chi connectivity index (χ1n) is 19.7. The molecule has 0 radical (unpaired) electrons. The first kappa shape index (κ1) is 43.9. The summed E-state index contributed by atoms with van der Waals surface area (Å²) >= 11 is 2.66. The van der Waals surface area contributed by atoms with Crippen molar-refractivity contribution in [3.8, 4) is 0 Å².